The van der Waals surface area contributed by atoms with Crippen molar-refractivity contribution in [2.24, 2.45) is 5.14 Å². The van der Waals surface area contributed by atoms with Crippen LogP contribution in [-0.2, 0) is 10.0 Å². The molecule has 1 aromatic carbocycles. The summed E-state index contributed by atoms with van der Waals surface area (Å²) in [5.41, 5.74) is 0.565. The zero-order valence-corrected chi connectivity index (χ0v) is 10.5. The Bertz CT molecular complexity index is 636. The van der Waals surface area contributed by atoms with Gasteiger partial charge in [-0.25, -0.2) is 18.1 Å². The lowest BCUT2D eigenvalue weighted by Crippen LogP contribution is -2.18. The standard InChI is InChI=1S/C10H12N4O3S/c1-2-17-9-12-13-10(18(11,15)16)14(9)8-6-4-3-5-7-8/h3-7H,2H2,1H3,(H2,11,15,16). The van der Waals surface area contributed by atoms with E-state index in [1.54, 1.807) is 31.2 Å². The molecule has 2 rings (SSSR count). The number of nitrogens with zero attached hydrogens (tertiary/aromatic N) is 3. The maximum absolute atomic E-state index is 11.4. The fraction of sp³-hybridized carbons (Fsp3) is 0.200. The van der Waals surface area contributed by atoms with Crippen molar-refractivity contribution in [3.05, 3.63) is 30.3 Å². The number of nitrogens with two attached hydrogens (primary N) is 1. The molecular weight excluding hydrogens is 256 g/mol. The Kier molecular flexibility index (Phi) is 3.30. The monoisotopic (exact) mass is 268 g/mol. The number of ether oxygens (including phenoxy) is 1. The molecule has 0 saturated heterocycles. The van der Waals surface area contributed by atoms with Crippen LogP contribution in [0.15, 0.2) is 35.5 Å². The Morgan fingerprint density at radius 1 is 1.28 bits per heavy atom. The van der Waals surface area contributed by atoms with Crippen molar-refractivity contribution in [2.45, 2.75) is 12.1 Å². The van der Waals surface area contributed by atoms with E-state index in [0.717, 1.165) is 0 Å². The fourth-order valence-corrected chi connectivity index (χ4v) is 2.05. The van der Waals surface area contributed by atoms with Gasteiger partial charge in [-0.2, -0.15) is 0 Å². The van der Waals surface area contributed by atoms with Crippen LogP contribution < -0.4 is 9.88 Å². The first-order chi connectivity index (χ1) is 8.54. The molecule has 2 aromatic rings. The summed E-state index contributed by atoms with van der Waals surface area (Å²) >= 11 is 0. The van der Waals surface area contributed by atoms with Gasteiger partial charge in [0.1, 0.15) is 0 Å². The largest absolute Gasteiger partial charge is 0.464 e. The van der Waals surface area contributed by atoms with Gasteiger partial charge >= 0.3 is 6.01 Å². The molecule has 7 nitrogen and oxygen atoms in total. The highest BCUT2D eigenvalue weighted by Gasteiger charge is 2.23. The van der Waals surface area contributed by atoms with Gasteiger partial charge in [0.15, 0.2) is 0 Å². The van der Waals surface area contributed by atoms with E-state index in [4.69, 9.17) is 9.88 Å². The van der Waals surface area contributed by atoms with Crippen LogP contribution in [0.2, 0.25) is 0 Å². The van der Waals surface area contributed by atoms with Crippen LogP contribution in [0.3, 0.4) is 0 Å². The third kappa shape index (κ3) is 2.34. The number of para-hydroxylation sites is 1. The number of rotatable bonds is 4. The molecule has 1 heterocycles. The van der Waals surface area contributed by atoms with Crippen molar-refractivity contribution in [3.8, 4) is 11.7 Å². The molecule has 0 atom stereocenters. The normalized spacial score (nSPS) is 11.4. The second-order valence-corrected chi connectivity index (χ2v) is 4.87. The maximum Gasteiger partial charge on any atom is 0.322 e. The molecule has 0 aliphatic rings. The van der Waals surface area contributed by atoms with Crippen molar-refractivity contribution >= 4 is 10.0 Å². The number of sulfonamides is 1. The van der Waals surface area contributed by atoms with Crippen LogP contribution in [0.5, 0.6) is 6.01 Å². The van der Waals surface area contributed by atoms with Gasteiger partial charge in [-0.05, 0) is 19.1 Å². The van der Waals surface area contributed by atoms with Gasteiger partial charge in [0.05, 0.1) is 12.3 Å². The van der Waals surface area contributed by atoms with Crippen molar-refractivity contribution in [3.63, 3.8) is 0 Å². The average Bonchev–Trinajstić information content (AvgIpc) is 2.74. The first-order valence-corrected chi connectivity index (χ1v) is 6.75. The minimum atomic E-state index is -3.97. The third-order valence-electron chi connectivity index (χ3n) is 2.15. The van der Waals surface area contributed by atoms with Gasteiger partial charge in [0.25, 0.3) is 15.2 Å². The van der Waals surface area contributed by atoms with Crippen LogP contribution in [0.25, 0.3) is 5.69 Å². The van der Waals surface area contributed by atoms with Gasteiger partial charge in [-0.3, -0.25) is 0 Å². The zero-order chi connectivity index (χ0) is 13.2. The first-order valence-electron chi connectivity index (χ1n) is 5.20. The van der Waals surface area contributed by atoms with E-state index < -0.39 is 10.0 Å². The first kappa shape index (κ1) is 12.5. The van der Waals surface area contributed by atoms with E-state index in [1.807, 2.05) is 6.07 Å². The Balaban J connectivity index is 2.65. The predicted molar refractivity (Wildman–Crippen MR) is 63.9 cm³/mol. The topological polar surface area (TPSA) is 100 Å². The summed E-state index contributed by atoms with van der Waals surface area (Å²) in [4.78, 5) is 0. The molecule has 0 aliphatic carbocycles. The Morgan fingerprint density at radius 2 is 1.94 bits per heavy atom. The maximum atomic E-state index is 11.4. The Morgan fingerprint density at radius 3 is 2.50 bits per heavy atom. The van der Waals surface area contributed by atoms with Gasteiger partial charge in [-0.1, -0.05) is 23.3 Å². The Hall–Kier alpha value is -1.93. The molecule has 0 spiro atoms. The number of aromatic nitrogens is 3. The number of benzene rings is 1. The van der Waals surface area contributed by atoms with Crippen LogP contribution in [0, 0.1) is 0 Å². The van der Waals surface area contributed by atoms with E-state index in [1.165, 1.54) is 4.57 Å². The Labute approximate surface area is 104 Å². The lowest BCUT2D eigenvalue weighted by atomic mass is 10.3. The molecule has 0 radical (unpaired) electrons. The molecule has 0 amide bonds. The van der Waals surface area contributed by atoms with Crippen molar-refractivity contribution in [1.29, 1.82) is 0 Å². The molecule has 96 valence electrons. The van der Waals surface area contributed by atoms with Gasteiger partial charge in [-0.15, -0.1) is 5.10 Å². The molecule has 0 saturated carbocycles. The van der Waals surface area contributed by atoms with E-state index in [9.17, 15) is 8.42 Å². The van der Waals surface area contributed by atoms with E-state index in [0.29, 0.717) is 12.3 Å². The lowest BCUT2D eigenvalue weighted by Gasteiger charge is -2.08. The van der Waals surface area contributed by atoms with Crippen molar-refractivity contribution in [1.82, 2.24) is 14.8 Å². The molecule has 0 fully saturated rings. The van der Waals surface area contributed by atoms with Crippen LogP contribution >= 0.6 is 0 Å². The number of hydrogen-bond donors (Lipinski definition) is 1. The quantitative estimate of drug-likeness (QED) is 0.860. The minimum Gasteiger partial charge on any atom is -0.464 e. The summed E-state index contributed by atoms with van der Waals surface area (Å²) in [6, 6.07) is 8.84. The molecule has 1 aromatic heterocycles. The molecule has 2 N–H and O–H groups in total. The summed E-state index contributed by atoms with van der Waals surface area (Å²) in [6.45, 7) is 2.11. The minimum absolute atomic E-state index is 0.0905. The highest BCUT2D eigenvalue weighted by Crippen LogP contribution is 2.20. The van der Waals surface area contributed by atoms with Crippen LogP contribution in [-0.4, -0.2) is 29.8 Å². The highest BCUT2D eigenvalue weighted by molar-refractivity contribution is 7.89. The van der Waals surface area contributed by atoms with Crippen LogP contribution in [0.4, 0.5) is 0 Å². The SMILES string of the molecule is CCOc1nnc(S(N)(=O)=O)n1-c1ccccc1. The fourth-order valence-electron chi connectivity index (χ4n) is 1.46. The summed E-state index contributed by atoms with van der Waals surface area (Å²) in [7, 11) is -3.97. The average molecular weight is 268 g/mol. The number of hydrogen-bond acceptors (Lipinski definition) is 5. The summed E-state index contributed by atoms with van der Waals surface area (Å²) in [6.07, 6.45) is 0. The van der Waals surface area contributed by atoms with Gasteiger partial charge < -0.3 is 4.74 Å². The molecule has 0 aliphatic heterocycles. The second kappa shape index (κ2) is 4.75. The van der Waals surface area contributed by atoms with Crippen molar-refractivity contribution < 1.29 is 13.2 Å². The van der Waals surface area contributed by atoms with Gasteiger partial charge in [0.2, 0.25) is 0 Å². The highest BCUT2D eigenvalue weighted by atomic mass is 32.2. The van der Waals surface area contributed by atoms with Crippen molar-refractivity contribution in [2.75, 3.05) is 6.61 Å². The van der Waals surface area contributed by atoms with E-state index in [2.05, 4.69) is 10.2 Å². The van der Waals surface area contributed by atoms with E-state index in [-0.39, 0.29) is 11.2 Å². The lowest BCUT2D eigenvalue weighted by molar-refractivity contribution is 0.304. The predicted octanol–water partition coefficient (Wildman–Crippen LogP) is 0.313. The number of primary sulfonamides is 1. The summed E-state index contributed by atoms with van der Waals surface area (Å²) in [5.74, 6) is 0. The molecule has 8 heteroatoms. The molecule has 0 bridgehead atoms. The zero-order valence-electron chi connectivity index (χ0n) is 9.65. The molecular formula is C10H12N4O3S. The molecule has 0 unspecified atom stereocenters. The molecule has 18 heavy (non-hydrogen) atoms. The van der Waals surface area contributed by atoms with Gasteiger partial charge in [0, 0.05) is 0 Å². The summed E-state index contributed by atoms with van der Waals surface area (Å²) in [5, 5.41) is 12.0. The second-order valence-electron chi connectivity index (χ2n) is 3.41. The smallest absolute Gasteiger partial charge is 0.322 e. The van der Waals surface area contributed by atoms with Crippen LogP contribution in [0.1, 0.15) is 6.92 Å². The summed E-state index contributed by atoms with van der Waals surface area (Å²) < 4.78 is 29.4. The van der Waals surface area contributed by atoms with E-state index >= 15 is 0 Å². The third-order valence-corrected chi connectivity index (χ3v) is 2.92.